The summed E-state index contributed by atoms with van der Waals surface area (Å²) in [5, 5.41) is 2.72. The van der Waals surface area contributed by atoms with E-state index in [9.17, 15) is 4.79 Å². The van der Waals surface area contributed by atoms with E-state index < -0.39 is 6.29 Å². The molecule has 0 saturated heterocycles. The Labute approximate surface area is 103 Å². The molecule has 0 spiro atoms. The molecule has 0 aromatic heterocycles. The Balaban J connectivity index is 2.52. The first-order chi connectivity index (χ1) is 7.69. The molecule has 1 aromatic carbocycles. The van der Waals surface area contributed by atoms with E-state index in [4.69, 9.17) is 9.47 Å². The van der Waals surface area contributed by atoms with Crippen LogP contribution in [0.5, 0.6) is 0 Å². The largest absolute Gasteiger partial charge is 0.348 e. The first-order valence-electron chi connectivity index (χ1n) is 4.75. The third kappa shape index (κ3) is 3.59. The molecule has 0 heterocycles. The molecule has 1 amide bonds. The average molecular weight is 288 g/mol. The minimum atomic E-state index is -0.859. The number of carbonyl (C=O) groups is 1. The van der Waals surface area contributed by atoms with E-state index in [0.717, 1.165) is 10.0 Å². The summed E-state index contributed by atoms with van der Waals surface area (Å²) in [5.41, 5.74) is 1.00. The van der Waals surface area contributed by atoms with Gasteiger partial charge in [-0.05, 0) is 11.6 Å². The van der Waals surface area contributed by atoms with Gasteiger partial charge in [0.25, 0.3) is 5.91 Å². The van der Waals surface area contributed by atoms with Crippen LogP contribution >= 0.6 is 15.9 Å². The molecule has 1 rings (SSSR count). The van der Waals surface area contributed by atoms with Gasteiger partial charge in [-0.2, -0.15) is 0 Å². The van der Waals surface area contributed by atoms with Crippen LogP contribution in [-0.4, -0.2) is 26.4 Å². The number of amides is 1. The second kappa shape index (κ2) is 6.62. The average Bonchev–Trinajstić information content (AvgIpc) is 2.29. The SMILES string of the molecule is COC(OC)C(=O)NCc1ccccc1Br. The molecule has 0 aliphatic rings. The van der Waals surface area contributed by atoms with Gasteiger partial charge >= 0.3 is 0 Å². The minimum absolute atomic E-state index is 0.291. The smallest absolute Gasteiger partial charge is 0.277 e. The lowest BCUT2D eigenvalue weighted by molar-refractivity contribution is -0.159. The van der Waals surface area contributed by atoms with E-state index in [1.54, 1.807) is 0 Å². The number of carbonyl (C=O) groups excluding carboxylic acids is 1. The lowest BCUT2D eigenvalue weighted by atomic mass is 10.2. The van der Waals surface area contributed by atoms with E-state index in [1.165, 1.54) is 14.2 Å². The van der Waals surface area contributed by atoms with Crippen molar-refractivity contribution in [3.05, 3.63) is 34.3 Å². The normalized spacial score (nSPS) is 10.5. The molecule has 0 atom stereocenters. The molecule has 1 N–H and O–H groups in total. The van der Waals surface area contributed by atoms with Crippen LogP contribution in [0.3, 0.4) is 0 Å². The Morgan fingerprint density at radius 1 is 1.38 bits per heavy atom. The summed E-state index contributed by atoms with van der Waals surface area (Å²) in [6, 6.07) is 7.68. The fraction of sp³-hybridized carbons (Fsp3) is 0.364. The summed E-state index contributed by atoms with van der Waals surface area (Å²) >= 11 is 3.40. The summed E-state index contributed by atoms with van der Waals surface area (Å²) in [6.07, 6.45) is -0.859. The number of ether oxygens (including phenoxy) is 2. The second-order valence-corrected chi connectivity index (χ2v) is 3.97. The molecule has 0 unspecified atom stereocenters. The van der Waals surface area contributed by atoms with Gasteiger partial charge in [0.1, 0.15) is 0 Å². The molecule has 0 aliphatic carbocycles. The lowest BCUT2D eigenvalue weighted by Gasteiger charge is -2.13. The number of rotatable bonds is 5. The van der Waals surface area contributed by atoms with Crippen LogP contribution in [0.2, 0.25) is 0 Å². The van der Waals surface area contributed by atoms with Crippen LogP contribution in [0.25, 0.3) is 0 Å². The van der Waals surface area contributed by atoms with Crippen molar-refractivity contribution in [2.45, 2.75) is 12.8 Å². The summed E-state index contributed by atoms with van der Waals surface area (Å²) in [7, 11) is 2.85. The fourth-order valence-corrected chi connectivity index (χ4v) is 1.64. The van der Waals surface area contributed by atoms with Gasteiger partial charge in [-0.25, -0.2) is 0 Å². The Morgan fingerprint density at radius 3 is 2.56 bits per heavy atom. The molecule has 88 valence electrons. The number of hydrogen-bond donors (Lipinski definition) is 1. The van der Waals surface area contributed by atoms with Gasteiger partial charge in [-0.1, -0.05) is 34.1 Å². The van der Waals surface area contributed by atoms with Gasteiger partial charge in [0.15, 0.2) is 0 Å². The maximum absolute atomic E-state index is 11.5. The fourth-order valence-electron chi connectivity index (χ4n) is 1.22. The monoisotopic (exact) mass is 287 g/mol. The highest BCUT2D eigenvalue weighted by molar-refractivity contribution is 9.10. The van der Waals surface area contributed by atoms with E-state index in [0.29, 0.717) is 6.54 Å². The molecule has 0 bridgehead atoms. The number of hydrogen-bond acceptors (Lipinski definition) is 3. The van der Waals surface area contributed by atoms with E-state index in [1.807, 2.05) is 24.3 Å². The van der Waals surface area contributed by atoms with Crippen LogP contribution in [-0.2, 0) is 20.8 Å². The van der Waals surface area contributed by atoms with E-state index in [2.05, 4.69) is 21.2 Å². The minimum Gasteiger partial charge on any atom is -0.348 e. The summed E-state index contributed by atoms with van der Waals surface area (Å²) < 4.78 is 10.6. The van der Waals surface area contributed by atoms with Crippen LogP contribution < -0.4 is 5.32 Å². The molecular formula is C11H14BrNO3. The van der Waals surface area contributed by atoms with Crippen LogP contribution in [0, 0.1) is 0 Å². The van der Waals surface area contributed by atoms with E-state index >= 15 is 0 Å². The molecule has 5 heteroatoms. The maximum Gasteiger partial charge on any atom is 0.277 e. The molecule has 0 aliphatic heterocycles. The predicted octanol–water partition coefficient (Wildman–Crippen LogP) is 1.68. The van der Waals surface area contributed by atoms with Crippen molar-refractivity contribution in [2.75, 3.05) is 14.2 Å². The topological polar surface area (TPSA) is 47.6 Å². The Morgan fingerprint density at radius 2 is 2.00 bits per heavy atom. The van der Waals surface area contributed by atoms with Gasteiger partial charge in [0, 0.05) is 25.2 Å². The van der Waals surface area contributed by atoms with Gasteiger partial charge in [-0.15, -0.1) is 0 Å². The van der Waals surface area contributed by atoms with Crippen LogP contribution in [0.15, 0.2) is 28.7 Å². The molecule has 0 fully saturated rings. The zero-order valence-electron chi connectivity index (χ0n) is 9.20. The quantitative estimate of drug-likeness (QED) is 0.839. The predicted molar refractivity (Wildman–Crippen MR) is 63.8 cm³/mol. The first-order valence-corrected chi connectivity index (χ1v) is 5.55. The third-order valence-electron chi connectivity index (χ3n) is 2.05. The molecule has 16 heavy (non-hydrogen) atoms. The molecule has 1 aromatic rings. The van der Waals surface area contributed by atoms with Crippen molar-refractivity contribution in [3.63, 3.8) is 0 Å². The summed E-state index contributed by atoms with van der Waals surface area (Å²) in [6.45, 7) is 0.434. The molecular weight excluding hydrogens is 274 g/mol. The zero-order valence-corrected chi connectivity index (χ0v) is 10.8. The number of benzene rings is 1. The molecule has 0 saturated carbocycles. The lowest BCUT2D eigenvalue weighted by Crippen LogP contribution is -2.36. The van der Waals surface area contributed by atoms with Crippen molar-refractivity contribution in [1.29, 1.82) is 0 Å². The standard InChI is InChI=1S/C11H14BrNO3/c1-15-11(16-2)10(14)13-7-8-5-3-4-6-9(8)12/h3-6,11H,7H2,1-2H3,(H,13,14). The Hall–Kier alpha value is -0.910. The summed E-state index contributed by atoms with van der Waals surface area (Å²) in [4.78, 5) is 11.5. The van der Waals surface area contributed by atoms with Gasteiger partial charge < -0.3 is 14.8 Å². The number of methoxy groups -OCH3 is 2. The van der Waals surface area contributed by atoms with Crippen molar-refractivity contribution in [1.82, 2.24) is 5.32 Å². The summed E-state index contributed by atoms with van der Waals surface area (Å²) in [5.74, 6) is -0.291. The molecule has 4 nitrogen and oxygen atoms in total. The Kier molecular flexibility index (Phi) is 5.45. The van der Waals surface area contributed by atoms with Gasteiger partial charge in [0.05, 0.1) is 0 Å². The highest BCUT2D eigenvalue weighted by atomic mass is 79.9. The third-order valence-corrected chi connectivity index (χ3v) is 2.83. The van der Waals surface area contributed by atoms with Crippen molar-refractivity contribution < 1.29 is 14.3 Å². The van der Waals surface area contributed by atoms with Gasteiger partial charge in [-0.3, -0.25) is 4.79 Å². The van der Waals surface area contributed by atoms with Crippen molar-refractivity contribution in [2.24, 2.45) is 0 Å². The number of nitrogens with one attached hydrogen (secondary N) is 1. The highest BCUT2D eigenvalue weighted by Gasteiger charge is 2.15. The zero-order chi connectivity index (χ0) is 12.0. The number of halogens is 1. The maximum atomic E-state index is 11.5. The Bertz CT molecular complexity index is 353. The highest BCUT2D eigenvalue weighted by Crippen LogP contribution is 2.15. The van der Waals surface area contributed by atoms with Gasteiger partial charge in [0.2, 0.25) is 6.29 Å². The van der Waals surface area contributed by atoms with Crippen LogP contribution in [0.4, 0.5) is 0 Å². The van der Waals surface area contributed by atoms with Crippen LogP contribution in [0.1, 0.15) is 5.56 Å². The second-order valence-electron chi connectivity index (χ2n) is 3.11. The molecule has 0 radical (unpaired) electrons. The van der Waals surface area contributed by atoms with Crippen molar-refractivity contribution >= 4 is 21.8 Å². The van der Waals surface area contributed by atoms with E-state index in [-0.39, 0.29) is 5.91 Å². The first kappa shape index (κ1) is 13.2. The van der Waals surface area contributed by atoms with Crippen molar-refractivity contribution in [3.8, 4) is 0 Å².